The van der Waals surface area contributed by atoms with E-state index in [4.69, 9.17) is 14.2 Å². The predicted molar refractivity (Wildman–Crippen MR) is 173 cm³/mol. The molecule has 4 aromatic rings. The molecule has 2 saturated heterocycles. The molecule has 0 N–H and O–H groups in total. The molecular weight excluding hydrogens is 613 g/mol. The van der Waals surface area contributed by atoms with Crippen LogP contribution in [0.4, 0.5) is 4.39 Å². The Morgan fingerprint density at radius 2 is 1.91 bits per heavy atom. The molecule has 246 valence electrons. The highest BCUT2D eigenvalue weighted by molar-refractivity contribution is 7.21. The Balaban J connectivity index is 1.57. The maximum Gasteiger partial charge on any atom is 0.333 e. The highest BCUT2D eigenvalue weighted by Crippen LogP contribution is 2.36. The molecule has 0 radical (unpaired) electrons. The van der Waals surface area contributed by atoms with Gasteiger partial charge >= 0.3 is 5.69 Å². The van der Waals surface area contributed by atoms with Gasteiger partial charge in [-0.3, -0.25) is 14.2 Å². The summed E-state index contributed by atoms with van der Waals surface area (Å²) in [6.45, 7) is 7.23. The monoisotopic (exact) mass is 653 g/mol. The number of rotatable bonds is 9. The van der Waals surface area contributed by atoms with Gasteiger partial charge in [0.25, 0.3) is 5.56 Å². The molecule has 1 unspecified atom stereocenters. The van der Waals surface area contributed by atoms with Crippen LogP contribution in [-0.2, 0) is 26.4 Å². The van der Waals surface area contributed by atoms with Crippen molar-refractivity contribution in [3.63, 3.8) is 0 Å². The van der Waals surface area contributed by atoms with Crippen LogP contribution in [0.2, 0.25) is 0 Å². The van der Waals surface area contributed by atoms with Gasteiger partial charge in [-0.05, 0) is 77.1 Å². The minimum atomic E-state index is -1.48. The molecule has 46 heavy (non-hydrogen) atoms. The van der Waals surface area contributed by atoms with Crippen molar-refractivity contribution in [1.82, 2.24) is 23.8 Å². The summed E-state index contributed by atoms with van der Waals surface area (Å²) in [4.78, 5) is 45.2. The number of fused-ring (bicyclic) bond motifs is 1. The van der Waals surface area contributed by atoms with Crippen molar-refractivity contribution in [2.24, 2.45) is 0 Å². The Morgan fingerprint density at radius 3 is 2.59 bits per heavy atom. The zero-order valence-corrected chi connectivity index (χ0v) is 27.5. The van der Waals surface area contributed by atoms with Crippen LogP contribution in [0.1, 0.15) is 63.2 Å². The number of aromatic nitrogens is 4. The number of piperidine rings is 1. The minimum Gasteiger partial charge on any atom is -0.496 e. The Morgan fingerprint density at radius 1 is 1.17 bits per heavy atom. The number of carbonyl (C=O) groups excluding carboxylic acids is 1. The van der Waals surface area contributed by atoms with Crippen LogP contribution in [-0.4, -0.2) is 69.2 Å². The molecular formula is C33H40FN5O6S. The van der Waals surface area contributed by atoms with Crippen LogP contribution < -0.4 is 16.0 Å². The summed E-state index contributed by atoms with van der Waals surface area (Å²) < 4.78 is 36.8. The van der Waals surface area contributed by atoms with Crippen LogP contribution in [0, 0.1) is 12.7 Å². The first-order valence-electron chi connectivity index (χ1n) is 15.8. The first kappa shape index (κ1) is 32.1. The van der Waals surface area contributed by atoms with Gasteiger partial charge < -0.3 is 19.1 Å². The number of carbonyl (C=O) groups is 1. The first-order chi connectivity index (χ1) is 22.1. The number of hydrogen-bond donors (Lipinski definition) is 0. The molecule has 2 fully saturated rings. The number of halogens is 1. The molecule has 11 nitrogen and oxygen atoms in total. The molecule has 5 heterocycles. The molecule has 0 spiro atoms. The van der Waals surface area contributed by atoms with Crippen LogP contribution in [0.15, 0.2) is 46.2 Å². The SMILES string of the molecule is COc1ccc(F)cc1C(Cn1c(=O)n(C(C)(C)C(=O)N2CCCCC2)c(=O)c2c(C)c(-n3cccn3)sc21)OC1CCOCC1. The molecule has 0 bridgehead atoms. The second kappa shape index (κ2) is 13.1. The molecule has 2 aliphatic rings. The van der Waals surface area contributed by atoms with E-state index in [1.807, 2.05) is 6.92 Å². The molecule has 1 atom stereocenters. The number of hydrogen-bond acceptors (Lipinski definition) is 8. The van der Waals surface area contributed by atoms with E-state index in [-0.39, 0.29) is 18.6 Å². The molecule has 6 rings (SSSR count). The van der Waals surface area contributed by atoms with E-state index < -0.39 is 28.7 Å². The lowest BCUT2D eigenvalue weighted by molar-refractivity contribution is -0.140. The third-order valence-corrected chi connectivity index (χ3v) is 10.3. The molecule has 1 aromatic carbocycles. The average molecular weight is 654 g/mol. The zero-order chi connectivity index (χ0) is 32.6. The average Bonchev–Trinajstić information content (AvgIpc) is 3.71. The van der Waals surface area contributed by atoms with Gasteiger partial charge in [0.15, 0.2) is 0 Å². The molecule has 1 amide bonds. The lowest BCUT2D eigenvalue weighted by atomic mass is 10.00. The van der Waals surface area contributed by atoms with Crippen molar-refractivity contribution in [2.45, 2.75) is 77.2 Å². The van der Waals surface area contributed by atoms with Crippen molar-refractivity contribution >= 4 is 27.5 Å². The van der Waals surface area contributed by atoms with Gasteiger partial charge in [-0.15, -0.1) is 0 Å². The Kier molecular flexibility index (Phi) is 9.17. The summed E-state index contributed by atoms with van der Waals surface area (Å²) in [5, 5.41) is 5.38. The summed E-state index contributed by atoms with van der Waals surface area (Å²) in [7, 11) is 1.50. The first-order valence-corrected chi connectivity index (χ1v) is 16.6. The van der Waals surface area contributed by atoms with Crippen LogP contribution >= 0.6 is 11.3 Å². The number of likely N-dealkylation sites (tertiary alicyclic amines) is 1. The van der Waals surface area contributed by atoms with Crippen molar-refractivity contribution in [2.75, 3.05) is 33.4 Å². The summed E-state index contributed by atoms with van der Waals surface area (Å²) in [5.41, 5.74) is -1.57. The number of ether oxygens (including phenoxy) is 3. The number of nitrogens with zero attached hydrogens (tertiary/aromatic N) is 5. The van der Waals surface area contributed by atoms with Crippen molar-refractivity contribution < 1.29 is 23.4 Å². The summed E-state index contributed by atoms with van der Waals surface area (Å²) >= 11 is 1.26. The van der Waals surface area contributed by atoms with Gasteiger partial charge in [-0.25, -0.2) is 18.4 Å². The number of benzene rings is 1. The van der Waals surface area contributed by atoms with E-state index in [9.17, 15) is 18.8 Å². The van der Waals surface area contributed by atoms with E-state index in [1.54, 1.807) is 41.9 Å². The minimum absolute atomic E-state index is 0.0563. The lowest BCUT2D eigenvalue weighted by Gasteiger charge is -2.35. The third-order valence-electron chi connectivity index (χ3n) is 9.04. The molecule has 3 aromatic heterocycles. The summed E-state index contributed by atoms with van der Waals surface area (Å²) in [6.07, 6.45) is 6.44. The maximum atomic E-state index is 14.8. The van der Waals surface area contributed by atoms with Crippen molar-refractivity contribution in [1.29, 1.82) is 0 Å². The summed E-state index contributed by atoms with van der Waals surface area (Å²) in [6, 6.07) is 5.99. The van der Waals surface area contributed by atoms with E-state index in [0.29, 0.717) is 71.2 Å². The number of thiophene rings is 1. The second-order valence-corrected chi connectivity index (χ2v) is 13.4. The fourth-order valence-corrected chi connectivity index (χ4v) is 7.80. The predicted octanol–water partition coefficient (Wildman–Crippen LogP) is 4.55. The smallest absolute Gasteiger partial charge is 0.333 e. The number of methoxy groups -OCH3 is 1. The normalized spacial score (nSPS) is 17.0. The van der Waals surface area contributed by atoms with E-state index in [1.165, 1.54) is 41.2 Å². The van der Waals surface area contributed by atoms with Gasteiger partial charge in [-0.2, -0.15) is 5.10 Å². The highest BCUT2D eigenvalue weighted by atomic mass is 32.1. The number of aryl methyl sites for hydroxylation is 1. The topological polar surface area (TPSA) is 110 Å². The fraction of sp³-hybridized carbons (Fsp3) is 0.515. The van der Waals surface area contributed by atoms with Gasteiger partial charge in [0.05, 0.1) is 25.1 Å². The Bertz CT molecular complexity index is 1830. The Labute approximate surface area is 270 Å². The van der Waals surface area contributed by atoms with Crippen LogP contribution in [0.25, 0.3) is 15.2 Å². The maximum absolute atomic E-state index is 14.8. The van der Waals surface area contributed by atoms with E-state index in [2.05, 4.69) is 5.10 Å². The summed E-state index contributed by atoms with van der Waals surface area (Å²) in [5.74, 6) is -0.337. The molecule has 13 heteroatoms. The third kappa shape index (κ3) is 5.91. The highest BCUT2D eigenvalue weighted by Gasteiger charge is 2.39. The molecule has 2 aliphatic heterocycles. The van der Waals surface area contributed by atoms with Crippen molar-refractivity contribution in [3.05, 3.63) is 74.4 Å². The van der Waals surface area contributed by atoms with Crippen molar-refractivity contribution in [3.8, 4) is 10.8 Å². The van der Waals surface area contributed by atoms with Gasteiger partial charge in [0, 0.05) is 49.8 Å². The molecule has 0 aliphatic carbocycles. The molecule has 0 saturated carbocycles. The van der Waals surface area contributed by atoms with E-state index in [0.717, 1.165) is 23.8 Å². The van der Waals surface area contributed by atoms with Crippen LogP contribution in [0.3, 0.4) is 0 Å². The second-order valence-electron chi connectivity index (χ2n) is 12.4. The van der Waals surface area contributed by atoms with Gasteiger partial charge in [0.1, 0.15) is 33.0 Å². The lowest BCUT2D eigenvalue weighted by Crippen LogP contribution is -2.57. The largest absolute Gasteiger partial charge is 0.496 e. The van der Waals surface area contributed by atoms with Gasteiger partial charge in [0.2, 0.25) is 5.91 Å². The zero-order valence-electron chi connectivity index (χ0n) is 26.7. The van der Waals surface area contributed by atoms with Crippen LogP contribution in [0.5, 0.6) is 5.75 Å². The Hall–Kier alpha value is -3.81. The van der Waals surface area contributed by atoms with E-state index >= 15 is 0 Å². The standard InChI is InChI=1S/C33H40FN5O6S/c1-21-27-28(40)39(33(2,3)31(41)36-14-6-5-7-15-36)32(42)37(30(27)46-29(21)38-16-8-13-35-38)20-26(45-23-11-17-44-18-12-23)24-19-22(34)9-10-25(24)43-4/h8-10,13,16,19,23,26H,5-7,11-12,14-15,17-18,20H2,1-4H3. The quantitative estimate of drug-likeness (QED) is 0.261. The number of amides is 1. The van der Waals surface area contributed by atoms with Gasteiger partial charge in [-0.1, -0.05) is 11.3 Å². The fourth-order valence-electron chi connectivity index (χ4n) is 6.56.